The maximum absolute atomic E-state index is 12.0. The number of carbonyl (C=O) groups excluding carboxylic acids is 1. The van der Waals surface area contributed by atoms with Gasteiger partial charge >= 0.3 is 5.97 Å². The van der Waals surface area contributed by atoms with Crippen LogP contribution in [0.5, 0.6) is 0 Å². The maximum atomic E-state index is 12.0. The number of esters is 1. The summed E-state index contributed by atoms with van der Waals surface area (Å²) in [5, 5.41) is 4.11. The van der Waals surface area contributed by atoms with Crippen molar-refractivity contribution in [2.75, 3.05) is 20.0 Å². The average molecular weight is 299 g/mol. The van der Waals surface area contributed by atoms with Crippen LogP contribution in [0.4, 0.5) is 0 Å². The van der Waals surface area contributed by atoms with E-state index in [1.54, 1.807) is 18.9 Å². The number of nitrogens with zero attached hydrogens (tertiary/aromatic N) is 1. The normalized spacial score (nSPS) is 16.3. The summed E-state index contributed by atoms with van der Waals surface area (Å²) >= 11 is 3.15. The molecule has 0 bridgehead atoms. The lowest BCUT2D eigenvalue weighted by Gasteiger charge is -2.15. The van der Waals surface area contributed by atoms with Crippen LogP contribution in [0.3, 0.4) is 0 Å². The van der Waals surface area contributed by atoms with Crippen molar-refractivity contribution < 1.29 is 14.4 Å². The van der Waals surface area contributed by atoms with Gasteiger partial charge in [0.1, 0.15) is 12.0 Å². The monoisotopic (exact) mass is 299 g/mol. The fourth-order valence-corrected chi connectivity index (χ4v) is 4.26. The van der Waals surface area contributed by atoms with Crippen molar-refractivity contribution in [1.29, 1.82) is 0 Å². The van der Waals surface area contributed by atoms with Gasteiger partial charge in [-0.25, -0.2) is 4.79 Å². The summed E-state index contributed by atoms with van der Waals surface area (Å²) in [4.78, 5) is 17.7. The Balaban J connectivity index is 2.50. The number of hydrogen-bond acceptors (Lipinski definition) is 6. The zero-order valence-corrected chi connectivity index (χ0v) is 12.9. The van der Waals surface area contributed by atoms with E-state index in [-0.39, 0.29) is 5.97 Å². The number of hydrogen-bond donors (Lipinski definition) is 0. The SMILES string of the molecule is CCOC(=O)c1sc(SC)c2c1CCC/C2=N\OC. The molecule has 0 amide bonds. The van der Waals surface area contributed by atoms with E-state index in [9.17, 15) is 4.79 Å². The lowest BCUT2D eigenvalue weighted by atomic mass is 9.92. The number of thioether (sulfide) groups is 1. The first kappa shape index (κ1) is 14.4. The van der Waals surface area contributed by atoms with Crippen LogP contribution in [-0.2, 0) is 16.0 Å². The summed E-state index contributed by atoms with van der Waals surface area (Å²) in [6.45, 7) is 2.23. The van der Waals surface area contributed by atoms with Gasteiger partial charge in [0.25, 0.3) is 0 Å². The molecule has 1 aliphatic rings. The summed E-state index contributed by atoms with van der Waals surface area (Å²) in [6, 6.07) is 0. The van der Waals surface area contributed by atoms with Crippen molar-refractivity contribution >= 4 is 34.8 Å². The molecule has 1 heterocycles. The highest BCUT2D eigenvalue weighted by Gasteiger charge is 2.29. The molecule has 4 nitrogen and oxygen atoms in total. The van der Waals surface area contributed by atoms with Crippen LogP contribution in [0.2, 0.25) is 0 Å². The number of fused-ring (bicyclic) bond motifs is 1. The molecule has 2 rings (SSSR count). The van der Waals surface area contributed by atoms with E-state index in [2.05, 4.69) is 5.16 Å². The highest BCUT2D eigenvalue weighted by molar-refractivity contribution is 8.00. The molecule has 6 heteroatoms. The molecule has 0 atom stereocenters. The van der Waals surface area contributed by atoms with Crippen molar-refractivity contribution in [2.24, 2.45) is 5.16 Å². The van der Waals surface area contributed by atoms with Crippen LogP contribution < -0.4 is 0 Å². The molecule has 0 N–H and O–H groups in total. The van der Waals surface area contributed by atoms with Gasteiger partial charge in [0.05, 0.1) is 16.5 Å². The lowest BCUT2D eigenvalue weighted by molar-refractivity contribution is 0.0531. The van der Waals surface area contributed by atoms with E-state index in [0.717, 1.165) is 45.2 Å². The standard InChI is InChI=1S/C13H17NO3S2/c1-4-17-12(15)11-8-6-5-7-9(14-16-2)10(8)13(18-3)19-11/h4-7H2,1-3H3/b14-9+. The quantitative estimate of drug-likeness (QED) is 0.486. The molecule has 0 spiro atoms. The zero-order chi connectivity index (χ0) is 13.8. The third-order valence-corrected chi connectivity index (χ3v) is 5.28. The minimum atomic E-state index is -0.220. The number of ether oxygens (including phenoxy) is 1. The van der Waals surface area contributed by atoms with E-state index < -0.39 is 0 Å². The second-order valence-electron chi connectivity index (χ2n) is 4.07. The van der Waals surface area contributed by atoms with Gasteiger partial charge in [0, 0.05) is 5.56 Å². The van der Waals surface area contributed by atoms with Crippen molar-refractivity contribution in [3.05, 3.63) is 16.0 Å². The van der Waals surface area contributed by atoms with Gasteiger partial charge in [-0.3, -0.25) is 0 Å². The highest BCUT2D eigenvalue weighted by Crippen LogP contribution is 2.40. The minimum absolute atomic E-state index is 0.220. The van der Waals surface area contributed by atoms with Crippen LogP contribution in [0.15, 0.2) is 9.36 Å². The van der Waals surface area contributed by atoms with Crippen LogP contribution in [0, 0.1) is 0 Å². The van der Waals surface area contributed by atoms with Crippen LogP contribution in [0.25, 0.3) is 0 Å². The van der Waals surface area contributed by atoms with E-state index in [1.165, 1.54) is 11.3 Å². The maximum Gasteiger partial charge on any atom is 0.348 e. The van der Waals surface area contributed by atoms with Crippen LogP contribution >= 0.6 is 23.1 Å². The summed E-state index contributed by atoms with van der Waals surface area (Å²) in [5.41, 5.74) is 3.11. The molecule has 1 aliphatic carbocycles. The van der Waals surface area contributed by atoms with Gasteiger partial charge in [0.2, 0.25) is 0 Å². The fraction of sp³-hybridized carbons (Fsp3) is 0.538. The second kappa shape index (κ2) is 6.43. The molecular formula is C13H17NO3S2. The molecule has 0 saturated heterocycles. The summed E-state index contributed by atoms with van der Waals surface area (Å²) in [6.07, 6.45) is 4.81. The molecular weight excluding hydrogens is 282 g/mol. The molecule has 0 unspecified atom stereocenters. The Hall–Kier alpha value is -1.01. The Bertz CT molecular complexity index is 508. The molecule has 0 aliphatic heterocycles. The molecule has 104 valence electrons. The molecule has 0 aromatic carbocycles. The molecule has 1 aromatic heterocycles. The van der Waals surface area contributed by atoms with E-state index >= 15 is 0 Å². The number of thiophene rings is 1. The van der Waals surface area contributed by atoms with Gasteiger partial charge in [-0.1, -0.05) is 5.16 Å². The Morgan fingerprint density at radius 1 is 1.47 bits per heavy atom. The van der Waals surface area contributed by atoms with Gasteiger partial charge in [-0.15, -0.1) is 23.1 Å². The molecule has 1 aromatic rings. The second-order valence-corrected chi connectivity index (χ2v) is 6.17. The third kappa shape index (κ3) is 2.79. The molecule has 0 fully saturated rings. The van der Waals surface area contributed by atoms with Crippen molar-refractivity contribution in [3.8, 4) is 0 Å². The third-order valence-electron chi connectivity index (χ3n) is 2.95. The Kier molecular flexibility index (Phi) is 4.87. The fourth-order valence-electron chi connectivity index (χ4n) is 2.24. The topological polar surface area (TPSA) is 47.9 Å². The predicted molar refractivity (Wildman–Crippen MR) is 78.5 cm³/mol. The van der Waals surface area contributed by atoms with Gasteiger partial charge < -0.3 is 9.57 Å². The minimum Gasteiger partial charge on any atom is -0.462 e. The van der Waals surface area contributed by atoms with Crippen LogP contribution in [0.1, 0.15) is 40.6 Å². The van der Waals surface area contributed by atoms with Crippen molar-refractivity contribution in [3.63, 3.8) is 0 Å². The Labute approximate surface area is 121 Å². The van der Waals surface area contributed by atoms with Crippen LogP contribution in [-0.4, -0.2) is 31.7 Å². The lowest BCUT2D eigenvalue weighted by Crippen LogP contribution is -2.14. The first-order valence-corrected chi connectivity index (χ1v) is 8.24. The summed E-state index contributed by atoms with van der Waals surface area (Å²) in [5.74, 6) is -0.220. The van der Waals surface area contributed by atoms with Crippen molar-refractivity contribution in [1.82, 2.24) is 0 Å². The number of oxime groups is 1. The van der Waals surface area contributed by atoms with E-state index in [1.807, 2.05) is 13.2 Å². The van der Waals surface area contributed by atoms with Crippen molar-refractivity contribution in [2.45, 2.75) is 30.4 Å². The average Bonchev–Trinajstić information content (AvgIpc) is 2.79. The summed E-state index contributed by atoms with van der Waals surface area (Å²) in [7, 11) is 1.55. The largest absolute Gasteiger partial charge is 0.462 e. The van der Waals surface area contributed by atoms with E-state index in [0.29, 0.717) is 6.61 Å². The Morgan fingerprint density at radius 2 is 2.26 bits per heavy atom. The molecule has 19 heavy (non-hydrogen) atoms. The zero-order valence-electron chi connectivity index (χ0n) is 11.3. The smallest absolute Gasteiger partial charge is 0.348 e. The molecule has 0 radical (unpaired) electrons. The summed E-state index contributed by atoms with van der Waals surface area (Å²) < 4.78 is 6.26. The van der Waals surface area contributed by atoms with Gasteiger partial charge in [-0.2, -0.15) is 0 Å². The van der Waals surface area contributed by atoms with Gasteiger partial charge in [0.15, 0.2) is 0 Å². The first-order chi connectivity index (χ1) is 9.22. The Morgan fingerprint density at radius 3 is 2.89 bits per heavy atom. The predicted octanol–water partition coefficient (Wildman–Crippen LogP) is 3.33. The van der Waals surface area contributed by atoms with Gasteiger partial charge in [-0.05, 0) is 38.0 Å². The van der Waals surface area contributed by atoms with E-state index in [4.69, 9.17) is 9.57 Å². The first-order valence-electron chi connectivity index (χ1n) is 6.20. The number of rotatable bonds is 4. The highest BCUT2D eigenvalue weighted by atomic mass is 32.2. The molecule has 0 saturated carbocycles. The number of carbonyl (C=O) groups is 1.